The predicted molar refractivity (Wildman–Crippen MR) is 47.8 cm³/mol. The molecular formula is C10H16O2. The van der Waals surface area contributed by atoms with Gasteiger partial charge in [0.1, 0.15) is 0 Å². The normalized spacial score (nSPS) is 16.2. The number of allylic oxidation sites excluding steroid dienone is 1. The molecule has 0 spiro atoms. The molecule has 2 heteroatoms. The second-order valence-electron chi connectivity index (χ2n) is 3.08. The van der Waals surface area contributed by atoms with Crippen molar-refractivity contribution in [1.82, 2.24) is 0 Å². The first kappa shape index (κ1) is 9.30. The third-order valence-corrected chi connectivity index (χ3v) is 2.11. The van der Waals surface area contributed by atoms with E-state index in [2.05, 4.69) is 0 Å². The standard InChI is InChI=1S/C10H16O2/c1-2-12-10(11)8-7-9-5-3-4-6-9/h7H,2-6,8H2,1H3. The fraction of sp³-hybridized carbons (Fsp3) is 0.700. The van der Waals surface area contributed by atoms with Gasteiger partial charge in [-0.3, -0.25) is 4.79 Å². The molecule has 2 nitrogen and oxygen atoms in total. The fourth-order valence-electron chi connectivity index (χ4n) is 1.48. The van der Waals surface area contributed by atoms with E-state index in [0.717, 1.165) is 0 Å². The highest BCUT2D eigenvalue weighted by atomic mass is 16.5. The lowest BCUT2D eigenvalue weighted by Gasteiger charge is -1.98. The van der Waals surface area contributed by atoms with Gasteiger partial charge >= 0.3 is 5.97 Å². The minimum Gasteiger partial charge on any atom is -0.466 e. The molecule has 1 aliphatic rings. The Balaban J connectivity index is 2.22. The maximum Gasteiger partial charge on any atom is 0.309 e. The molecule has 0 unspecified atom stereocenters. The Morgan fingerprint density at radius 2 is 2.17 bits per heavy atom. The van der Waals surface area contributed by atoms with E-state index in [0.29, 0.717) is 13.0 Å². The van der Waals surface area contributed by atoms with Crippen molar-refractivity contribution >= 4 is 5.97 Å². The topological polar surface area (TPSA) is 26.3 Å². The molecule has 0 aromatic heterocycles. The Kier molecular flexibility index (Phi) is 3.85. The summed E-state index contributed by atoms with van der Waals surface area (Å²) in [7, 11) is 0. The predicted octanol–water partition coefficient (Wildman–Crippen LogP) is 2.44. The molecule has 1 saturated carbocycles. The van der Waals surface area contributed by atoms with Gasteiger partial charge in [-0.2, -0.15) is 0 Å². The highest BCUT2D eigenvalue weighted by Gasteiger charge is 2.06. The zero-order valence-corrected chi connectivity index (χ0v) is 7.64. The van der Waals surface area contributed by atoms with Crippen molar-refractivity contribution in [3.8, 4) is 0 Å². The number of hydrogen-bond donors (Lipinski definition) is 0. The van der Waals surface area contributed by atoms with Crippen LogP contribution in [0.2, 0.25) is 0 Å². The Labute approximate surface area is 73.6 Å². The molecule has 12 heavy (non-hydrogen) atoms. The first-order valence-corrected chi connectivity index (χ1v) is 4.66. The lowest BCUT2D eigenvalue weighted by atomic mass is 10.2. The second-order valence-corrected chi connectivity index (χ2v) is 3.08. The van der Waals surface area contributed by atoms with Gasteiger partial charge in [0.15, 0.2) is 0 Å². The SMILES string of the molecule is CCOC(=O)CC=C1CCCC1. The summed E-state index contributed by atoms with van der Waals surface area (Å²) < 4.78 is 4.82. The van der Waals surface area contributed by atoms with Gasteiger partial charge in [0.2, 0.25) is 0 Å². The van der Waals surface area contributed by atoms with Crippen LogP contribution in [0, 0.1) is 0 Å². The molecule has 0 aromatic carbocycles. The molecule has 1 fully saturated rings. The lowest BCUT2D eigenvalue weighted by Crippen LogP contribution is -2.01. The third kappa shape index (κ3) is 3.07. The highest BCUT2D eigenvalue weighted by molar-refractivity contribution is 5.71. The van der Waals surface area contributed by atoms with Gasteiger partial charge in [-0.05, 0) is 32.6 Å². The van der Waals surface area contributed by atoms with Crippen molar-refractivity contribution in [3.63, 3.8) is 0 Å². The molecule has 0 bridgehead atoms. The Morgan fingerprint density at radius 1 is 1.50 bits per heavy atom. The van der Waals surface area contributed by atoms with Crippen molar-refractivity contribution in [2.24, 2.45) is 0 Å². The first-order valence-electron chi connectivity index (χ1n) is 4.66. The average Bonchev–Trinajstić information content (AvgIpc) is 2.53. The van der Waals surface area contributed by atoms with E-state index >= 15 is 0 Å². The van der Waals surface area contributed by atoms with Crippen molar-refractivity contribution in [2.75, 3.05) is 6.61 Å². The largest absolute Gasteiger partial charge is 0.466 e. The van der Waals surface area contributed by atoms with Crippen molar-refractivity contribution in [2.45, 2.75) is 39.0 Å². The number of hydrogen-bond acceptors (Lipinski definition) is 2. The molecule has 0 heterocycles. The van der Waals surface area contributed by atoms with Gasteiger partial charge < -0.3 is 4.74 Å². The van der Waals surface area contributed by atoms with E-state index in [4.69, 9.17) is 4.74 Å². The molecule has 0 aromatic rings. The molecule has 0 aliphatic heterocycles. The van der Waals surface area contributed by atoms with Crippen LogP contribution in [0.4, 0.5) is 0 Å². The summed E-state index contributed by atoms with van der Waals surface area (Å²) in [4.78, 5) is 10.9. The van der Waals surface area contributed by atoms with E-state index in [1.54, 1.807) is 0 Å². The summed E-state index contributed by atoms with van der Waals surface area (Å²) in [6, 6.07) is 0. The summed E-state index contributed by atoms with van der Waals surface area (Å²) in [5.41, 5.74) is 1.43. The van der Waals surface area contributed by atoms with Gasteiger partial charge in [-0.25, -0.2) is 0 Å². The smallest absolute Gasteiger partial charge is 0.309 e. The minimum atomic E-state index is -0.100. The van der Waals surface area contributed by atoms with Gasteiger partial charge in [-0.15, -0.1) is 0 Å². The maximum absolute atomic E-state index is 10.9. The molecule has 1 rings (SSSR count). The van der Waals surface area contributed by atoms with Crippen LogP contribution in [0.15, 0.2) is 11.6 Å². The zero-order chi connectivity index (χ0) is 8.81. The lowest BCUT2D eigenvalue weighted by molar-refractivity contribution is -0.142. The highest BCUT2D eigenvalue weighted by Crippen LogP contribution is 2.23. The third-order valence-electron chi connectivity index (χ3n) is 2.11. The molecule has 0 amide bonds. The zero-order valence-electron chi connectivity index (χ0n) is 7.64. The van der Waals surface area contributed by atoms with Crippen LogP contribution in [0.1, 0.15) is 39.0 Å². The van der Waals surface area contributed by atoms with Crippen molar-refractivity contribution in [3.05, 3.63) is 11.6 Å². The maximum atomic E-state index is 10.9. The first-order chi connectivity index (χ1) is 5.83. The molecule has 0 N–H and O–H groups in total. The molecule has 0 saturated heterocycles. The van der Waals surface area contributed by atoms with E-state index in [-0.39, 0.29) is 5.97 Å². The van der Waals surface area contributed by atoms with E-state index in [9.17, 15) is 4.79 Å². The quantitative estimate of drug-likeness (QED) is 0.478. The number of carbonyl (C=O) groups is 1. The van der Waals surface area contributed by atoms with Gasteiger partial charge in [0.25, 0.3) is 0 Å². The van der Waals surface area contributed by atoms with E-state index in [1.807, 2.05) is 13.0 Å². The van der Waals surface area contributed by atoms with Crippen molar-refractivity contribution < 1.29 is 9.53 Å². The van der Waals surface area contributed by atoms with Gasteiger partial charge in [-0.1, -0.05) is 11.6 Å². The molecule has 0 radical (unpaired) electrons. The average molecular weight is 168 g/mol. The minimum absolute atomic E-state index is 0.100. The monoisotopic (exact) mass is 168 g/mol. The van der Waals surface area contributed by atoms with Crippen LogP contribution in [-0.2, 0) is 9.53 Å². The summed E-state index contributed by atoms with van der Waals surface area (Å²) in [6.45, 7) is 2.32. The van der Waals surface area contributed by atoms with Crippen LogP contribution < -0.4 is 0 Å². The van der Waals surface area contributed by atoms with E-state index in [1.165, 1.54) is 31.3 Å². The number of carbonyl (C=O) groups excluding carboxylic acids is 1. The Morgan fingerprint density at radius 3 is 2.75 bits per heavy atom. The molecule has 68 valence electrons. The summed E-state index contributed by atoms with van der Waals surface area (Å²) in [6.07, 6.45) is 7.43. The summed E-state index contributed by atoms with van der Waals surface area (Å²) >= 11 is 0. The molecular weight excluding hydrogens is 152 g/mol. The Bertz CT molecular complexity index is 174. The number of esters is 1. The van der Waals surface area contributed by atoms with Crippen LogP contribution in [0.25, 0.3) is 0 Å². The van der Waals surface area contributed by atoms with Crippen LogP contribution in [0.3, 0.4) is 0 Å². The van der Waals surface area contributed by atoms with E-state index < -0.39 is 0 Å². The Hall–Kier alpha value is -0.790. The number of ether oxygens (including phenoxy) is 1. The van der Waals surface area contributed by atoms with Gasteiger partial charge in [0.05, 0.1) is 13.0 Å². The molecule has 1 aliphatic carbocycles. The van der Waals surface area contributed by atoms with Gasteiger partial charge in [0, 0.05) is 0 Å². The van der Waals surface area contributed by atoms with Crippen LogP contribution in [-0.4, -0.2) is 12.6 Å². The second kappa shape index (κ2) is 4.96. The fourth-order valence-corrected chi connectivity index (χ4v) is 1.48. The number of rotatable bonds is 3. The van der Waals surface area contributed by atoms with Crippen LogP contribution in [0.5, 0.6) is 0 Å². The summed E-state index contributed by atoms with van der Waals surface area (Å²) in [5, 5.41) is 0. The molecule has 0 atom stereocenters. The van der Waals surface area contributed by atoms with Crippen molar-refractivity contribution in [1.29, 1.82) is 0 Å². The van der Waals surface area contributed by atoms with Crippen LogP contribution >= 0.6 is 0 Å². The summed E-state index contributed by atoms with van der Waals surface area (Å²) in [5.74, 6) is -0.100.